The number of nitrogens with one attached hydrogen (secondary N) is 2. The molecule has 2 aromatic carbocycles. The number of carbonyl (C=O) groups is 1. The lowest BCUT2D eigenvalue weighted by molar-refractivity contribution is 0.0504. The first-order valence-corrected chi connectivity index (χ1v) is 8.70. The van der Waals surface area contributed by atoms with E-state index >= 15 is 0 Å². The van der Waals surface area contributed by atoms with E-state index in [1.165, 1.54) is 11.1 Å². The van der Waals surface area contributed by atoms with Crippen molar-refractivity contribution in [2.75, 3.05) is 6.54 Å². The molecule has 25 heavy (non-hydrogen) atoms. The molecule has 0 heterocycles. The van der Waals surface area contributed by atoms with Crippen LogP contribution in [0.2, 0.25) is 0 Å². The van der Waals surface area contributed by atoms with Crippen molar-refractivity contribution in [1.82, 2.24) is 10.6 Å². The van der Waals surface area contributed by atoms with E-state index in [-0.39, 0.29) is 12.1 Å². The zero-order valence-electron chi connectivity index (χ0n) is 15.3. The fourth-order valence-corrected chi connectivity index (χ4v) is 2.53. The van der Waals surface area contributed by atoms with E-state index in [0.717, 1.165) is 13.0 Å². The maximum absolute atomic E-state index is 12.1. The molecule has 0 saturated carbocycles. The summed E-state index contributed by atoms with van der Waals surface area (Å²) in [6.07, 6.45) is 0.372. The van der Waals surface area contributed by atoms with Crippen LogP contribution in [0.25, 0.3) is 0 Å². The van der Waals surface area contributed by atoms with E-state index < -0.39 is 5.60 Å². The Kier molecular flexibility index (Phi) is 7.02. The topological polar surface area (TPSA) is 50.4 Å². The molecule has 0 bridgehead atoms. The molecule has 2 N–H and O–H groups in total. The minimum absolute atomic E-state index is 0.0408. The van der Waals surface area contributed by atoms with Gasteiger partial charge >= 0.3 is 6.09 Å². The molecule has 0 aliphatic rings. The lowest BCUT2D eigenvalue weighted by Crippen LogP contribution is -2.45. The highest BCUT2D eigenvalue weighted by molar-refractivity contribution is 5.68. The van der Waals surface area contributed by atoms with Crippen LogP contribution < -0.4 is 10.6 Å². The van der Waals surface area contributed by atoms with Gasteiger partial charge in [0.25, 0.3) is 0 Å². The van der Waals surface area contributed by atoms with Crippen LogP contribution in [0.15, 0.2) is 60.7 Å². The molecule has 0 unspecified atom stereocenters. The maximum atomic E-state index is 12.1. The maximum Gasteiger partial charge on any atom is 0.407 e. The Bertz CT molecular complexity index is 636. The predicted octanol–water partition coefficient (Wildman–Crippen LogP) is 3.91. The Morgan fingerprint density at radius 3 is 2.08 bits per heavy atom. The van der Waals surface area contributed by atoms with Crippen molar-refractivity contribution in [1.29, 1.82) is 0 Å². The summed E-state index contributed by atoms with van der Waals surface area (Å²) in [4.78, 5) is 12.1. The second-order valence-electron chi connectivity index (χ2n) is 7.15. The molecule has 134 valence electrons. The van der Waals surface area contributed by atoms with Crippen LogP contribution in [0.3, 0.4) is 0 Å². The van der Waals surface area contributed by atoms with Gasteiger partial charge in [-0.1, -0.05) is 60.7 Å². The number of ether oxygens (including phenoxy) is 1. The van der Waals surface area contributed by atoms with Gasteiger partial charge in [0.15, 0.2) is 0 Å². The SMILES string of the molecule is CC(C)(C)OC(=O)N[C@H](CNCc1ccccc1)Cc1ccccc1. The lowest BCUT2D eigenvalue weighted by Gasteiger charge is -2.24. The van der Waals surface area contributed by atoms with Crippen molar-refractivity contribution in [3.63, 3.8) is 0 Å². The molecule has 2 rings (SSSR count). The Morgan fingerprint density at radius 2 is 1.52 bits per heavy atom. The van der Waals surface area contributed by atoms with Gasteiger partial charge in [-0.25, -0.2) is 4.79 Å². The summed E-state index contributed by atoms with van der Waals surface area (Å²) < 4.78 is 5.39. The first-order chi connectivity index (χ1) is 11.9. The highest BCUT2D eigenvalue weighted by Gasteiger charge is 2.19. The third-order valence-corrected chi connectivity index (χ3v) is 3.61. The highest BCUT2D eigenvalue weighted by atomic mass is 16.6. The number of rotatable bonds is 7. The van der Waals surface area contributed by atoms with Gasteiger partial charge in [-0.3, -0.25) is 0 Å². The van der Waals surface area contributed by atoms with Crippen LogP contribution in [0, 0.1) is 0 Å². The van der Waals surface area contributed by atoms with Gasteiger partial charge in [0, 0.05) is 19.1 Å². The molecule has 4 nitrogen and oxygen atoms in total. The molecular weight excluding hydrogens is 312 g/mol. The van der Waals surface area contributed by atoms with Crippen LogP contribution in [0.5, 0.6) is 0 Å². The van der Waals surface area contributed by atoms with Gasteiger partial charge in [-0.15, -0.1) is 0 Å². The van der Waals surface area contributed by atoms with E-state index in [4.69, 9.17) is 4.74 Å². The highest BCUT2D eigenvalue weighted by Crippen LogP contribution is 2.08. The van der Waals surface area contributed by atoms with Crippen LogP contribution in [0.1, 0.15) is 31.9 Å². The monoisotopic (exact) mass is 340 g/mol. The van der Waals surface area contributed by atoms with Crippen LogP contribution in [0.4, 0.5) is 4.79 Å². The lowest BCUT2D eigenvalue weighted by atomic mass is 10.1. The van der Waals surface area contributed by atoms with E-state index in [9.17, 15) is 4.79 Å². The summed E-state index contributed by atoms with van der Waals surface area (Å²) in [5, 5.41) is 6.40. The van der Waals surface area contributed by atoms with Gasteiger partial charge in [0.2, 0.25) is 0 Å². The molecule has 4 heteroatoms. The van der Waals surface area contributed by atoms with Gasteiger partial charge in [-0.2, -0.15) is 0 Å². The fraction of sp³-hybridized carbons (Fsp3) is 0.381. The molecule has 0 saturated heterocycles. The first-order valence-electron chi connectivity index (χ1n) is 8.70. The molecule has 0 radical (unpaired) electrons. The molecule has 1 amide bonds. The number of hydrogen-bond donors (Lipinski definition) is 2. The van der Waals surface area contributed by atoms with Gasteiger partial charge in [0.1, 0.15) is 5.60 Å². The number of benzene rings is 2. The van der Waals surface area contributed by atoms with Gasteiger partial charge in [-0.05, 0) is 38.3 Å². The Labute approximate surface area is 150 Å². The van der Waals surface area contributed by atoms with E-state index in [2.05, 4.69) is 34.9 Å². The van der Waals surface area contributed by atoms with Crippen molar-refractivity contribution in [2.24, 2.45) is 0 Å². The zero-order chi connectivity index (χ0) is 18.1. The minimum atomic E-state index is -0.501. The molecule has 0 aliphatic heterocycles. The third-order valence-electron chi connectivity index (χ3n) is 3.61. The van der Waals surface area contributed by atoms with Crippen molar-refractivity contribution in [3.05, 3.63) is 71.8 Å². The fourth-order valence-electron chi connectivity index (χ4n) is 2.53. The standard InChI is InChI=1S/C21H28N2O2/c1-21(2,3)25-20(24)23-19(14-17-10-6-4-7-11-17)16-22-15-18-12-8-5-9-13-18/h4-13,19,22H,14-16H2,1-3H3,(H,23,24)/t19-/m0/s1. The molecular formula is C21H28N2O2. The summed E-state index contributed by atoms with van der Waals surface area (Å²) >= 11 is 0. The summed E-state index contributed by atoms with van der Waals surface area (Å²) in [7, 11) is 0. The van der Waals surface area contributed by atoms with Crippen molar-refractivity contribution >= 4 is 6.09 Å². The third kappa shape index (κ3) is 7.86. The summed E-state index contributed by atoms with van der Waals surface area (Å²) in [6, 6.07) is 20.3. The molecule has 0 spiro atoms. The second-order valence-corrected chi connectivity index (χ2v) is 7.15. The van der Waals surface area contributed by atoms with Gasteiger partial charge < -0.3 is 15.4 Å². The Balaban J connectivity index is 1.92. The van der Waals surface area contributed by atoms with Crippen LogP contribution in [-0.2, 0) is 17.7 Å². The molecule has 0 aliphatic carbocycles. The van der Waals surface area contributed by atoms with E-state index in [1.54, 1.807) is 0 Å². The predicted molar refractivity (Wildman–Crippen MR) is 101 cm³/mol. The Hall–Kier alpha value is -2.33. The number of alkyl carbamates (subject to hydrolysis) is 1. The molecule has 0 aromatic heterocycles. The average Bonchev–Trinajstić information content (AvgIpc) is 2.55. The first kappa shape index (κ1) is 19.0. The van der Waals surface area contributed by atoms with E-state index in [0.29, 0.717) is 6.54 Å². The minimum Gasteiger partial charge on any atom is -0.444 e. The normalized spacial score (nSPS) is 12.4. The summed E-state index contributed by atoms with van der Waals surface area (Å²) in [5.41, 5.74) is 1.90. The second kappa shape index (κ2) is 9.23. The number of carbonyl (C=O) groups excluding carboxylic acids is 1. The van der Waals surface area contributed by atoms with Gasteiger partial charge in [0.05, 0.1) is 0 Å². The number of amides is 1. The Morgan fingerprint density at radius 1 is 0.960 bits per heavy atom. The zero-order valence-corrected chi connectivity index (χ0v) is 15.3. The van der Waals surface area contributed by atoms with Crippen molar-refractivity contribution in [2.45, 2.75) is 45.4 Å². The largest absolute Gasteiger partial charge is 0.444 e. The van der Waals surface area contributed by atoms with Crippen LogP contribution in [-0.4, -0.2) is 24.3 Å². The number of hydrogen-bond acceptors (Lipinski definition) is 3. The van der Waals surface area contributed by atoms with Crippen molar-refractivity contribution < 1.29 is 9.53 Å². The quantitative estimate of drug-likeness (QED) is 0.803. The smallest absolute Gasteiger partial charge is 0.407 e. The molecule has 2 aromatic rings. The molecule has 0 fully saturated rings. The summed E-state index contributed by atoms with van der Waals surface area (Å²) in [5.74, 6) is 0. The van der Waals surface area contributed by atoms with E-state index in [1.807, 2.05) is 57.2 Å². The molecule has 1 atom stereocenters. The van der Waals surface area contributed by atoms with Crippen LogP contribution >= 0.6 is 0 Å². The summed E-state index contributed by atoms with van der Waals surface area (Å²) in [6.45, 7) is 7.04. The average molecular weight is 340 g/mol. The van der Waals surface area contributed by atoms with Crippen molar-refractivity contribution in [3.8, 4) is 0 Å².